The molecule has 0 N–H and O–H groups in total. The van der Waals surface area contributed by atoms with Gasteiger partial charge in [0.15, 0.2) is 5.78 Å². The summed E-state index contributed by atoms with van der Waals surface area (Å²) < 4.78 is 11.6. The number of ether oxygens (including phenoxy) is 2. The Morgan fingerprint density at radius 3 is 2.53 bits per heavy atom. The summed E-state index contributed by atoms with van der Waals surface area (Å²) >= 11 is 0. The van der Waals surface area contributed by atoms with Crippen molar-refractivity contribution < 1.29 is 14.3 Å². The molecular formula is C30H23NO3. The molecule has 4 nitrogen and oxygen atoms in total. The quantitative estimate of drug-likeness (QED) is 0.203. The van der Waals surface area contributed by atoms with Crippen molar-refractivity contribution in [2.45, 2.75) is 6.61 Å². The fourth-order valence-electron chi connectivity index (χ4n) is 3.97. The number of allylic oxidation sites excluding steroid dienone is 1. The molecule has 166 valence electrons. The molecule has 0 amide bonds. The predicted molar refractivity (Wildman–Crippen MR) is 136 cm³/mol. The van der Waals surface area contributed by atoms with Crippen LogP contribution in [0, 0.1) is 0 Å². The third-order valence-electron chi connectivity index (χ3n) is 5.74. The molecule has 1 aromatic heterocycles. The van der Waals surface area contributed by atoms with E-state index in [-0.39, 0.29) is 5.78 Å². The molecule has 34 heavy (non-hydrogen) atoms. The van der Waals surface area contributed by atoms with E-state index in [1.54, 1.807) is 19.4 Å². The number of aromatic nitrogens is 1. The van der Waals surface area contributed by atoms with Crippen LogP contribution in [0.5, 0.6) is 11.5 Å². The third-order valence-corrected chi connectivity index (χ3v) is 5.74. The topological polar surface area (TPSA) is 48.4 Å². The average Bonchev–Trinajstić information content (AvgIpc) is 2.90. The first kappa shape index (κ1) is 21.4. The van der Waals surface area contributed by atoms with Crippen molar-refractivity contribution in [3.05, 3.63) is 120 Å². The number of para-hydroxylation sites is 1. The summed E-state index contributed by atoms with van der Waals surface area (Å²) in [5.74, 6) is 1.40. The summed E-state index contributed by atoms with van der Waals surface area (Å²) in [6, 6.07) is 29.3. The lowest BCUT2D eigenvalue weighted by atomic mass is 10.0. The standard InChI is InChI=1S/C30H23NO3/c1-33-28-16-12-21(11-15-27(32)25-14-13-22-6-2-3-7-24(22)19-25)18-26(28)20-34-29-10-4-8-23-9-5-17-31-30(23)29/h2-19H,20H2,1H3/b15-11+. The normalized spacial score (nSPS) is 11.2. The van der Waals surface area contributed by atoms with Gasteiger partial charge in [-0.25, -0.2) is 0 Å². The maximum absolute atomic E-state index is 12.8. The fraction of sp³-hybridized carbons (Fsp3) is 0.0667. The molecule has 0 radical (unpaired) electrons. The minimum atomic E-state index is -0.0406. The largest absolute Gasteiger partial charge is 0.496 e. The van der Waals surface area contributed by atoms with Gasteiger partial charge in [0.1, 0.15) is 23.6 Å². The Bertz CT molecular complexity index is 1520. The van der Waals surface area contributed by atoms with Gasteiger partial charge >= 0.3 is 0 Å². The van der Waals surface area contributed by atoms with E-state index in [9.17, 15) is 4.79 Å². The van der Waals surface area contributed by atoms with E-state index >= 15 is 0 Å². The predicted octanol–water partition coefficient (Wildman–Crippen LogP) is 6.87. The number of nitrogens with zero attached hydrogens (tertiary/aromatic N) is 1. The van der Waals surface area contributed by atoms with Crippen LogP contribution in [0.4, 0.5) is 0 Å². The van der Waals surface area contributed by atoms with Crippen LogP contribution in [0.2, 0.25) is 0 Å². The Morgan fingerprint density at radius 2 is 1.65 bits per heavy atom. The van der Waals surface area contributed by atoms with Crippen LogP contribution < -0.4 is 9.47 Å². The zero-order valence-electron chi connectivity index (χ0n) is 18.8. The van der Waals surface area contributed by atoms with Gasteiger partial charge in [0.05, 0.1) is 7.11 Å². The van der Waals surface area contributed by atoms with Gasteiger partial charge in [-0.2, -0.15) is 0 Å². The highest BCUT2D eigenvalue weighted by Crippen LogP contribution is 2.27. The van der Waals surface area contributed by atoms with Crippen molar-refractivity contribution in [2.24, 2.45) is 0 Å². The molecule has 0 spiro atoms. The minimum Gasteiger partial charge on any atom is -0.496 e. The average molecular weight is 446 g/mol. The number of methoxy groups -OCH3 is 1. The molecule has 4 heteroatoms. The van der Waals surface area contributed by atoms with Crippen molar-refractivity contribution in [3.63, 3.8) is 0 Å². The van der Waals surface area contributed by atoms with Gasteiger partial charge in [0.2, 0.25) is 0 Å². The summed E-state index contributed by atoms with van der Waals surface area (Å²) in [6.07, 6.45) is 5.18. The van der Waals surface area contributed by atoms with Crippen LogP contribution >= 0.6 is 0 Å². The molecule has 0 aliphatic carbocycles. The van der Waals surface area contributed by atoms with E-state index in [1.807, 2.05) is 97.1 Å². The Hall–Kier alpha value is -4.44. The number of fused-ring (bicyclic) bond motifs is 2. The van der Waals surface area contributed by atoms with Gasteiger partial charge < -0.3 is 9.47 Å². The lowest BCUT2D eigenvalue weighted by Crippen LogP contribution is -2.00. The van der Waals surface area contributed by atoms with Crippen LogP contribution in [0.1, 0.15) is 21.5 Å². The van der Waals surface area contributed by atoms with E-state index in [2.05, 4.69) is 4.98 Å². The van der Waals surface area contributed by atoms with Gasteiger partial charge in [-0.1, -0.05) is 66.7 Å². The molecule has 1 heterocycles. The molecule has 5 aromatic rings. The second kappa shape index (κ2) is 9.59. The maximum Gasteiger partial charge on any atom is 0.185 e. The number of carbonyl (C=O) groups excluding carboxylic acids is 1. The first-order valence-corrected chi connectivity index (χ1v) is 11.1. The van der Waals surface area contributed by atoms with E-state index in [0.29, 0.717) is 17.9 Å². The second-order valence-corrected chi connectivity index (χ2v) is 7.95. The highest BCUT2D eigenvalue weighted by Gasteiger charge is 2.08. The Morgan fingerprint density at radius 1 is 0.824 bits per heavy atom. The van der Waals surface area contributed by atoms with Crippen LogP contribution in [0.15, 0.2) is 103 Å². The summed E-state index contributed by atoms with van der Waals surface area (Å²) in [7, 11) is 1.64. The molecule has 0 bridgehead atoms. The minimum absolute atomic E-state index is 0.0406. The van der Waals surface area contributed by atoms with Crippen LogP contribution in [0.25, 0.3) is 27.8 Å². The van der Waals surface area contributed by atoms with Crippen LogP contribution in [0.3, 0.4) is 0 Å². The van der Waals surface area contributed by atoms with E-state index < -0.39 is 0 Å². The van der Waals surface area contributed by atoms with Gasteiger partial charge in [-0.15, -0.1) is 0 Å². The third kappa shape index (κ3) is 4.52. The Balaban J connectivity index is 1.35. The fourth-order valence-corrected chi connectivity index (χ4v) is 3.97. The molecular weight excluding hydrogens is 422 g/mol. The summed E-state index contributed by atoms with van der Waals surface area (Å²) in [6.45, 7) is 0.319. The number of hydrogen-bond acceptors (Lipinski definition) is 4. The number of pyridine rings is 1. The molecule has 0 aliphatic rings. The van der Waals surface area contributed by atoms with Crippen molar-refractivity contribution >= 4 is 33.5 Å². The zero-order valence-corrected chi connectivity index (χ0v) is 18.8. The Labute approximate surface area is 198 Å². The van der Waals surface area contributed by atoms with Crippen LogP contribution in [-0.2, 0) is 6.61 Å². The van der Waals surface area contributed by atoms with Gasteiger partial charge in [-0.05, 0) is 52.7 Å². The summed E-state index contributed by atoms with van der Waals surface area (Å²) in [5, 5.41) is 3.19. The monoisotopic (exact) mass is 445 g/mol. The lowest BCUT2D eigenvalue weighted by molar-refractivity contribution is 0.104. The number of carbonyl (C=O) groups is 1. The molecule has 0 unspecified atom stereocenters. The first-order valence-electron chi connectivity index (χ1n) is 11.1. The highest BCUT2D eigenvalue weighted by molar-refractivity contribution is 6.08. The number of hydrogen-bond donors (Lipinski definition) is 0. The smallest absolute Gasteiger partial charge is 0.185 e. The second-order valence-electron chi connectivity index (χ2n) is 7.95. The molecule has 0 aliphatic heterocycles. The number of ketones is 1. The van der Waals surface area contributed by atoms with Gasteiger partial charge in [0, 0.05) is 22.7 Å². The van der Waals surface area contributed by atoms with E-state index in [4.69, 9.17) is 9.47 Å². The maximum atomic E-state index is 12.8. The van der Waals surface area contributed by atoms with Gasteiger partial charge in [-0.3, -0.25) is 9.78 Å². The molecule has 5 rings (SSSR count). The van der Waals surface area contributed by atoms with Gasteiger partial charge in [0.25, 0.3) is 0 Å². The summed E-state index contributed by atoms with van der Waals surface area (Å²) in [4.78, 5) is 17.2. The van der Waals surface area contributed by atoms with E-state index in [0.717, 1.165) is 38.6 Å². The van der Waals surface area contributed by atoms with Crippen molar-refractivity contribution in [2.75, 3.05) is 7.11 Å². The van der Waals surface area contributed by atoms with E-state index in [1.165, 1.54) is 0 Å². The Kier molecular flexibility index (Phi) is 6.04. The molecule has 0 saturated carbocycles. The number of benzene rings is 4. The SMILES string of the molecule is COc1ccc(/C=C/C(=O)c2ccc3ccccc3c2)cc1COc1cccc2cccnc12. The lowest BCUT2D eigenvalue weighted by Gasteiger charge is -2.12. The summed E-state index contributed by atoms with van der Waals surface area (Å²) in [5.41, 5.74) is 3.26. The molecule has 0 atom stereocenters. The van der Waals surface area contributed by atoms with Crippen molar-refractivity contribution in [1.29, 1.82) is 0 Å². The molecule has 0 saturated heterocycles. The van der Waals surface area contributed by atoms with Crippen molar-refractivity contribution in [3.8, 4) is 11.5 Å². The zero-order chi connectivity index (χ0) is 23.3. The number of rotatable bonds is 7. The highest BCUT2D eigenvalue weighted by atomic mass is 16.5. The van der Waals surface area contributed by atoms with Crippen molar-refractivity contribution in [1.82, 2.24) is 4.98 Å². The molecule has 4 aromatic carbocycles. The van der Waals surface area contributed by atoms with Crippen LogP contribution in [-0.4, -0.2) is 17.9 Å². The molecule has 0 fully saturated rings. The first-order chi connectivity index (χ1) is 16.7.